The van der Waals surface area contributed by atoms with Gasteiger partial charge in [0.25, 0.3) is 0 Å². The van der Waals surface area contributed by atoms with Crippen LogP contribution >= 0.6 is 0 Å². The van der Waals surface area contributed by atoms with Gasteiger partial charge >= 0.3 is 0 Å². The van der Waals surface area contributed by atoms with E-state index >= 15 is 0 Å². The smallest absolute Gasteiger partial charge is 0.211 e. The molecule has 0 aliphatic carbocycles. The molecular weight excluding hydrogens is 232 g/mol. The molecule has 1 aromatic rings. The van der Waals surface area contributed by atoms with Crippen molar-refractivity contribution in [1.29, 1.82) is 0 Å². The topological polar surface area (TPSA) is 117 Å². The van der Waals surface area contributed by atoms with Crippen molar-refractivity contribution in [2.45, 2.75) is 20.3 Å². The summed E-state index contributed by atoms with van der Waals surface area (Å²) in [7, 11) is 0. The van der Waals surface area contributed by atoms with Crippen LogP contribution in [-0.2, 0) is 11.2 Å². The zero-order valence-electron chi connectivity index (χ0n) is 10.5. The highest BCUT2D eigenvalue weighted by Gasteiger charge is 1.94. The van der Waals surface area contributed by atoms with E-state index in [1.165, 1.54) is 5.56 Å². The van der Waals surface area contributed by atoms with Gasteiger partial charge in [-0.15, -0.1) is 5.10 Å². The Kier molecular flexibility index (Phi) is 7.59. The maximum atomic E-state index is 8.89. The lowest BCUT2D eigenvalue weighted by atomic mass is 10.1. The molecule has 6 heteroatoms. The van der Waals surface area contributed by atoms with Crippen LogP contribution in [0, 0.1) is 0 Å². The van der Waals surface area contributed by atoms with E-state index in [-0.39, 0.29) is 5.96 Å². The molecule has 0 fully saturated rings. The zero-order valence-corrected chi connectivity index (χ0v) is 10.5. The van der Waals surface area contributed by atoms with Crippen LogP contribution in [0.1, 0.15) is 19.4 Å². The summed E-state index contributed by atoms with van der Waals surface area (Å²) in [5.74, 6) is -1.10. The van der Waals surface area contributed by atoms with Gasteiger partial charge in [0, 0.05) is 18.1 Å². The Morgan fingerprint density at radius 1 is 1.17 bits per heavy atom. The number of benzene rings is 1. The van der Waals surface area contributed by atoms with E-state index in [2.05, 4.69) is 10.2 Å². The van der Waals surface area contributed by atoms with Gasteiger partial charge in [-0.05, 0) is 19.4 Å². The predicted molar refractivity (Wildman–Crippen MR) is 69.7 cm³/mol. The Labute approximate surface area is 106 Å². The number of guanidine groups is 1. The highest BCUT2D eigenvalue weighted by atomic mass is 16.4. The summed E-state index contributed by atoms with van der Waals surface area (Å²) in [5, 5.41) is 16.3. The van der Waals surface area contributed by atoms with Crippen LogP contribution < -0.4 is 16.6 Å². The third-order valence-corrected chi connectivity index (χ3v) is 1.64. The van der Waals surface area contributed by atoms with Crippen molar-refractivity contribution in [3.63, 3.8) is 0 Å². The first-order valence-electron chi connectivity index (χ1n) is 5.25. The Bertz CT molecular complexity index is 419. The molecule has 6 nitrogen and oxygen atoms in total. The number of nitrogens with zero attached hydrogens (tertiary/aromatic N) is 2. The molecule has 1 rings (SSSR count). The first-order valence-corrected chi connectivity index (χ1v) is 5.25. The Morgan fingerprint density at radius 3 is 2.11 bits per heavy atom. The van der Waals surface area contributed by atoms with E-state index in [1.54, 1.807) is 0 Å². The monoisotopic (exact) mass is 249 g/mol. The van der Waals surface area contributed by atoms with E-state index in [1.807, 2.05) is 37.3 Å². The Balaban J connectivity index is 0.000000631. The van der Waals surface area contributed by atoms with Gasteiger partial charge in [0.05, 0.1) is 0 Å². The molecule has 0 unspecified atom stereocenters. The summed E-state index contributed by atoms with van der Waals surface area (Å²) >= 11 is 0. The van der Waals surface area contributed by atoms with Gasteiger partial charge in [0.15, 0.2) is 0 Å². The molecule has 0 aromatic heterocycles. The van der Waals surface area contributed by atoms with E-state index in [9.17, 15) is 0 Å². The van der Waals surface area contributed by atoms with Gasteiger partial charge in [0.2, 0.25) is 5.96 Å². The van der Waals surface area contributed by atoms with Crippen LogP contribution in [0.3, 0.4) is 0 Å². The molecule has 0 saturated heterocycles. The lowest BCUT2D eigenvalue weighted by Crippen LogP contribution is -2.22. The quantitative estimate of drug-likeness (QED) is 0.432. The largest absolute Gasteiger partial charge is 0.550 e. The number of hydrogen-bond donors (Lipinski definition) is 2. The summed E-state index contributed by atoms with van der Waals surface area (Å²) in [4.78, 5) is 8.89. The van der Waals surface area contributed by atoms with Gasteiger partial charge in [-0.1, -0.05) is 30.3 Å². The SMILES string of the molecule is CC(=O)[O-].CC(Cc1ccccc1)=NN=C(N)N. The minimum atomic E-state index is -1.08. The molecular formula is C12H17N4O2-. The molecule has 18 heavy (non-hydrogen) atoms. The van der Waals surface area contributed by atoms with Crippen molar-refractivity contribution in [2.24, 2.45) is 21.7 Å². The second-order valence-electron chi connectivity index (χ2n) is 3.51. The lowest BCUT2D eigenvalue weighted by Gasteiger charge is -1.98. The molecule has 0 spiro atoms. The number of carboxylic acid groups (broad SMARTS) is 1. The molecule has 0 saturated carbocycles. The fourth-order valence-corrected chi connectivity index (χ4v) is 1.07. The highest BCUT2D eigenvalue weighted by molar-refractivity contribution is 5.85. The zero-order chi connectivity index (χ0) is 14.0. The van der Waals surface area contributed by atoms with Crippen molar-refractivity contribution in [3.8, 4) is 0 Å². The van der Waals surface area contributed by atoms with Crippen molar-refractivity contribution in [1.82, 2.24) is 0 Å². The second-order valence-corrected chi connectivity index (χ2v) is 3.51. The summed E-state index contributed by atoms with van der Waals surface area (Å²) in [6.07, 6.45) is 0.762. The van der Waals surface area contributed by atoms with Gasteiger partial charge in [-0.3, -0.25) is 0 Å². The third kappa shape index (κ3) is 10.2. The third-order valence-electron chi connectivity index (χ3n) is 1.64. The van der Waals surface area contributed by atoms with Crippen LogP contribution in [0.5, 0.6) is 0 Å². The summed E-state index contributed by atoms with van der Waals surface area (Å²) < 4.78 is 0. The number of rotatable bonds is 3. The van der Waals surface area contributed by atoms with Crippen LogP contribution in [0.25, 0.3) is 0 Å². The first kappa shape index (κ1) is 15.6. The second kappa shape index (κ2) is 8.74. The summed E-state index contributed by atoms with van der Waals surface area (Å²) in [6.45, 7) is 2.86. The fraction of sp³-hybridized carbons (Fsp3) is 0.250. The highest BCUT2D eigenvalue weighted by Crippen LogP contribution is 2.00. The minimum absolute atomic E-state index is 0.0163. The van der Waals surface area contributed by atoms with E-state index < -0.39 is 5.97 Å². The fourth-order valence-electron chi connectivity index (χ4n) is 1.07. The first-order chi connectivity index (χ1) is 8.41. The van der Waals surface area contributed by atoms with Gasteiger partial charge in [0.1, 0.15) is 0 Å². The number of carboxylic acids is 1. The average molecular weight is 249 g/mol. The maximum Gasteiger partial charge on any atom is 0.211 e. The van der Waals surface area contributed by atoms with Crippen LogP contribution in [-0.4, -0.2) is 17.6 Å². The van der Waals surface area contributed by atoms with Crippen molar-refractivity contribution >= 4 is 17.6 Å². The number of aliphatic carboxylic acids is 1. The normalized spacial score (nSPS) is 10.0. The molecule has 0 amide bonds. The Hall–Kier alpha value is -2.37. The van der Waals surface area contributed by atoms with Crippen molar-refractivity contribution in [2.75, 3.05) is 0 Å². The molecule has 1 aromatic carbocycles. The summed E-state index contributed by atoms with van der Waals surface area (Å²) in [5.41, 5.74) is 12.4. The minimum Gasteiger partial charge on any atom is -0.550 e. The molecule has 0 atom stereocenters. The molecule has 0 aliphatic heterocycles. The Morgan fingerprint density at radius 2 is 1.67 bits per heavy atom. The lowest BCUT2D eigenvalue weighted by molar-refractivity contribution is -0.302. The number of carbonyl (C=O) groups excluding carboxylic acids is 1. The number of carbonyl (C=O) groups is 1. The summed E-state index contributed by atoms with van der Waals surface area (Å²) in [6, 6.07) is 10.0. The van der Waals surface area contributed by atoms with E-state index in [0.29, 0.717) is 0 Å². The predicted octanol–water partition coefficient (Wildman–Crippen LogP) is -0.365. The van der Waals surface area contributed by atoms with Crippen molar-refractivity contribution in [3.05, 3.63) is 35.9 Å². The number of nitrogens with two attached hydrogens (primary N) is 2. The molecule has 0 bridgehead atoms. The van der Waals surface area contributed by atoms with Gasteiger partial charge < -0.3 is 21.4 Å². The standard InChI is InChI=1S/C10H14N4.C2H4O2/c1-8(13-14-10(11)12)7-9-5-3-2-4-6-9;1-2(3)4/h2-6H,7H2,1H3,(H4,11,12,14);1H3,(H,3,4)/p-1. The van der Waals surface area contributed by atoms with Crippen molar-refractivity contribution < 1.29 is 9.90 Å². The molecule has 4 N–H and O–H groups in total. The van der Waals surface area contributed by atoms with Gasteiger partial charge in [-0.25, -0.2) is 0 Å². The average Bonchev–Trinajstić information content (AvgIpc) is 2.27. The van der Waals surface area contributed by atoms with E-state index in [0.717, 1.165) is 19.1 Å². The maximum absolute atomic E-state index is 8.89. The molecule has 0 heterocycles. The molecule has 0 radical (unpaired) electrons. The molecule has 98 valence electrons. The van der Waals surface area contributed by atoms with Crippen LogP contribution in [0.15, 0.2) is 40.5 Å². The number of hydrogen-bond acceptors (Lipinski definition) is 4. The van der Waals surface area contributed by atoms with Gasteiger partial charge in [-0.2, -0.15) is 5.10 Å². The van der Waals surface area contributed by atoms with E-state index in [4.69, 9.17) is 21.4 Å². The molecule has 0 aliphatic rings. The van der Waals surface area contributed by atoms with Crippen LogP contribution in [0.2, 0.25) is 0 Å². The van der Waals surface area contributed by atoms with Crippen LogP contribution in [0.4, 0.5) is 0 Å².